The smallest absolute Gasteiger partial charge is 0.251 e. The van der Waals surface area contributed by atoms with E-state index < -0.39 is 0 Å². The predicted octanol–water partition coefficient (Wildman–Crippen LogP) is 2.12. The molecule has 23 heavy (non-hydrogen) atoms. The molecule has 7 heteroatoms. The van der Waals surface area contributed by atoms with Crippen molar-refractivity contribution >= 4 is 11.9 Å². The number of anilines is 1. The Balaban J connectivity index is 1.75. The van der Waals surface area contributed by atoms with Crippen LogP contribution in [0.3, 0.4) is 0 Å². The van der Waals surface area contributed by atoms with Gasteiger partial charge in [-0.3, -0.25) is 9.89 Å². The van der Waals surface area contributed by atoms with Gasteiger partial charge in [-0.2, -0.15) is 4.98 Å². The number of benzene rings is 2. The Morgan fingerprint density at radius 2 is 1.91 bits per heavy atom. The summed E-state index contributed by atoms with van der Waals surface area (Å²) in [6.45, 7) is 0.188. The summed E-state index contributed by atoms with van der Waals surface area (Å²) in [6, 6.07) is 13.2. The minimum absolute atomic E-state index is 0.127. The van der Waals surface area contributed by atoms with Crippen LogP contribution in [0, 0.1) is 5.82 Å². The van der Waals surface area contributed by atoms with Gasteiger partial charge in [-0.05, 0) is 35.4 Å². The SMILES string of the molecule is Nc1n[nH]c(CNC(=O)c2cccc(-c3cccc(F)c3)c2)n1. The summed E-state index contributed by atoms with van der Waals surface area (Å²) in [5, 5.41) is 9.01. The molecule has 0 saturated carbocycles. The number of nitrogens with zero attached hydrogens (tertiary/aromatic N) is 2. The lowest BCUT2D eigenvalue weighted by Gasteiger charge is -2.06. The average molecular weight is 311 g/mol. The molecular formula is C16H14FN5O. The van der Waals surface area contributed by atoms with Gasteiger partial charge in [-0.25, -0.2) is 4.39 Å². The van der Waals surface area contributed by atoms with Crippen LogP contribution in [0.1, 0.15) is 16.2 Å². The van der Waals surface area contributed by atoms with Crippen molar-refractivity contribution in [1.82, 2.24) is 20.5 Å². The second-order valence-corrected chi connectivity index (χ2v) is 4.91. The summed E-state index contributed by atoms with van der Waals surface area (Å²) in [4.78, 5) is 16.1. The number of aromatic amines is 1. The average Bonchev–Trinajstić information content (AvgIpc) is 2.98. The van der Waals surface area contributed by atoms with Gasteiger partial charge in [0.05, 0.1) is 6.54 Å². The van der Waals surface area contributed by atoms with Crippen LogP contribution >= 0.6 is 0 Å². The molecule has 0 aliphatic heterocycles. The second kappa shape index (κ2) is 6.27. The number of aromatic nitrogens is 3. The van der Waals surface area contributed by atoms with Crippen LogP contribution in [0.5, 0.6) is 0 Å². The maximum atomic E-state index is 13.3. The van der Waals surface area contributed by atoms with E-state index in [-0.39, 0.29) is 24.2 Å². The third kappa shape index (κ3) is 3.52. The first-order chi connectivity index (χ1) is 11.1. The normalized spacial score (nSPS) is 10.5. The van der Waals surface area contributed by atoms with E-state index in [4.69, 9.17) is 5.73 Å². The molecule has 6 nitrogen and oxygen atoms in total. The number of carbonyl (C=O) groups is 1. The monoisotopic (exact) mass is 311 g/mol. The summed E-state index contributed by atoms with van der Waals surface area (Å²) < 4.78 is 13.3. The van der Waals surface area contributed by atoms with Gasteiger partial charge in [0.2, 0.25) is 5.95 Å². The van der Waals surface area contributed by atoms with Crippen LogP contribution in [0.25, 0.3) is 11.1 Å². The lowest BCUT2D eigenvalue weighted by atomic mass is 10.0. The van der Waals surface area contributed by atoms with Crippen molar-refractivity contribution in [2.45, 2.75) is 6.54 Å². The number of nitrogens with one attached hydrogen (secondary N) is 2. The molecule has 0 bridgehead atoms. The van der Waals surface area contributed by atoms with Crippen LogP contribution in [0.4, 0.5) is 10.3 Å². The van der Waals surface area contributed by atoms with Crippen molar-refractivity contribution in [3.05, 3.63) is 65.7 Å². The van der Waals surface area contributed by atoms with Gasteiger partial charge in [0.25, 0.3) is 5.91 Å². The maximum Gasteiger partial charge on any atom is 0.251 e. The van der Waals surface area contributed by atoms with Crippen molar-refractivity contribution in [3.8, 4) is 11.1 Å². The molecule has 0 fully saturated rings. The number of nitrogens with two attached hydrogens (primary N) is 1. The molecule has 1 aromatic heterocycles. The Hall–Kier alpha value is -3.22. The molecule has 0 saturated heterocycles. The van der Waals surface area contributed by atoms with E-state index in [0.29, 0.717) is 17.0 Å². The maximum absolute atomic E-state index is 13.3. The van der Waals surface area contributed by atoms with Gasteiger partial charge in [0.15, 0.2) is 0 Å². The van der Waals surface area contributed by atoms with Crippen molar-refractivity contribution in [3.63, 3.8) is 0 Å². The number of halogens is 1. The first-order valence-electron chi connectivity index (χ1n) is 6.93. The number of H-pyrrole nitrogens is 1. The molecule has 1 heterocycles. The number of amides is 1. The summed E-state index contributed by atoms with van der Waals surface area (Å²) in [7, 11) is 0. The fourth-order valence-corrected chi connectivity index (χ4v) is 2.16. The van der Waals surface area contributed by atoms with Crippen molar-refractivity contribution in [2.75, 3.05) is 5.73 Å². The molecule has 1 amide bonds. The van der Waals surface area contributed by atoms with Crippen LogP contribution in [0.15, 0.2) is 48.5 Å². The minimum atomic E-state index is -0.319. The van der Waals surface area contributed by atoms with Crippen LogP contribution in [0.2, 0.25) is 0 Å². The van der Waals surface area contributed by atoms with Crippen molar-refractivity contribution < 1.29 is 9.18 Å². The van der Waals surface area contributed by atoms with Crippen LogP contribution in [-0.2, 0) is 6.54 Å². The highest BCUT2D eigenvalue weighted by Gasteiger charge is 2.08. The zero-order chi connectivity index (χ0) is 16.2. The number of hydrogen-bond donors (Lipinski definition) is 3. The topological polar surface area (TPSA) is 96.7 Å². The number of nitrogen functional groups attached to an aromatic ring is 1. The third-order valence-corrected chi connectivity index (χ3v) is 3.25. The van der Waals surface area contributed by atoms with E-state index >= 15 is 0 Å². The molecule has 0 aliphatic rings. The first kappa shape index (κ1) is 14.7. The number of carbonyl (C=O) groups excluding carboxylic acids is 1. The van der Waals surface area contributed by atoms with E-state index in [0.717, 1.165) is 5.56 Å². The highest BCUT2D eigenvalue weighted by Crippen LogP contribution is 2.21. The van der Waals surface area contributed by atoms with E-state index in [2.05, 4.69) is 20.5 Å². The van der Waals surface area contributed by atoms with Crippen LogP contribution in [-0.4, -0.2) is 21.1 Å². The molecule has 4 N–H and O–H groups in total. The zero-order valence-corrected chi connectivity index (χ0v) is 12.1. The third-order valence-electron chi connectivity index (χ3n) is 3.25. The Kier molecular flexibility index (Phi) is 4.01. The summed E-state index contributed by atoms with van der Waals surface area (Å²) in [5.74, 6) is 0.0120. The van der Waals surface area contributed by atoms with Gasteiger partial charge in [-0.15, -0.1) is 5.10 Å². The molecule has 3 rings (SSSR count). The lowest BCUT2D eigenvalue weighted by Crippen LogP contribution is -2.23. The Morgan fingerprint density at radius 1 is 1.17 bits per heavy atom. The van der Waals surface area contributed by atoms with Gasteiger partial charge >= 0.3 is 0 Å². The van der Waals surface area contributed by atoms with Gasteiger partial charge in [0, 0.05) is 5.56 Å². The Labute approximate surface area is 131 Å². The fraction of sp³-hybridized carbons (Fsp3) is 0.0625. The van der Waals surface area contributed by atoms with E-state index in [1.807, 2.05) is 6.07 Å². The Morgan fingerprint density at radius 3 is 2.61 bits per heavy atom. The molecule has 0 spiro atoms. The molecule has 0 radical (unpaired) electrons. The second-order valence-electron chi connectivity index (χ2n) is 4.91. The summed E-state index contributed by atoms with van der Waals surface area (Å²) in [5.41, 5.74) is 7.34. The fourth-order valence-electron chi connectivity index (χ4n) is 2.16. The molecule has 3 aromatic rings. The Bertz CT molecular complexity index is 846. The number of hydrogen-bond acceptors (Lipinski definition) is 4. The van der Waals surface area contributed by atoms with E-state index in [9.17, 15) is 9.18 Å². The highest BCUT2D eigenvalue weighted by atomic mass is 19.1. The molecule has 0 atom stereocenters. The molecular weight excluding hydrogens is 297 g/mol. The molecule has 0 unspecified atom stereocenters. The van der Waals surface area contributed by atoms with Gasteiger partial charge in [0.1, 0.15) is 11.6 Å². The molecule has 116 valence electrons. The number of rotatable bonds is 4. The van der Waals surface area contributed by atoms with Gasteiger partial charge < -0.3 is 11.1 Å². The van der Waals surface area contributed by atoms with E-state index in [1.165, 1.54) is 12.1 Å². The largest absolute Gasteiger partial charge is 0.367 e. The lowest BCUT2D eigenvalue weighted by molar-refractivity contribution is 0.0950. The quantitative estimate of drug-likeness (QED) is 0.687. The summed E-state index contributed by atoms with van der Waals surface area (Å²) in [6.07, 6.45) is 0. The minimum Gasteiger partial charge on any atom is -0.367 e. The molecule has 2 aromatic carbocycles. The van der Waals surface area contributed by atoms with Crippen molar-refractivity contribution in [2.24, 2.45) is 0 Å². The van der Waals surface area contributed by atoms with Gasteiger partial charge in [-0.1, -0.05) is 24.3 Å². The highest BCUT2D eigenvalue weighted by molar-refractivity contribution is 5.95. The standard InChI is InChI=1S/C16H14FN5O/c17-13-6-2-4-11(8-13)10-3-1-5-12(7-10)15(23)19-9-14-20-16(18)22-21-14/h1-8H,9H2,(H,19,23)(H3,18,20,21,22). The predicted molar refractivity (Wildman–Crippen MR) is 83.8 cm³/mol. The molecule has 0 aliphatic carbocycles. The van der Waals surface area contributed by atoms with Crippen LogP contribution < -0.4 is 11.1 Å². The first-order valence-corrected chi connectivity index (χ1v) is 6.93. The van der Waals surface area contributed by atoms with Crippen molar-refractivity contribution in [1.29, 1.82) is 0 Å². The van der Waals surface area contributed by atoms with E-state index in [1.54, 1.807) is 30.3 Å². The zero-order valence-electron chi connectivity index (χ0n) is 12.1. The summed E-state index contributed by atoms with van der Waals surface area (Å²) >= 11 is 0.